The molecular formula is C24H18FNO4. The summed E-state index contributed by atoms with van der Waals surface area (Å²) >= 11 is 0. The van der Waals surface area contributed by atoms with Crippen molar-refractivity contribution >= 4 is 23.1 Å². The van der Waals surface area contributed by atoms with Gasteiger partial charge in [-0.3, -0.25) is 14.5 Å². The summed E-state index contributed by atoms with van der Waals surface area (Å²) in [4.78, 5) is 27.2. The Labute approximate surface area is 172 Å². The Morgan fingerprint density at radius 1 is 0.967 bits per heavy atom. The molecule has 0 saturated carbocycles. The molecule has 0 spiro atoms. The summed E-state index contributed by atoms with van der Waals surface area (Å²) in [6.07, 6.45) is 0. The summed E-state index contributed by atoms with van der Waals surface area (Å²) in [6, 6.07) is 17.8. The third kappa shape index (κ3) is 3.22. The Balaban J connectivity index is 1.95. The number of phenolic OH excluding ortho intramolecular Hbond substituents is 1. The number of anilines is 1. The van der Waals surface area contributed by atoms with Gasteiger partial charge >= 0.3 is 0 Å². The zero-order chi connectivity index (χ0) is 21.4. The van der Waals surface area contributed by atoms with E-state index in [9.17, 15) is 24.2 Å². The summed E-state index contributed by atoms with van der Waals surface area (Å²) < 4.78 is 13.7. The molecule has 2 N–H and O–H groups in total. The number of hydrogen-bond donors (Lipinski definition) is 2. The van der Waals surface area contributed by atoms with Crippen LogP contribution >= 0.6 is 0 Å². The first-order valence-electron chi connectivity index (χ1n) is 9.30. The fourth-order valence-corrected chi connectivity index (χ4v) is 3.61. The minimum absolute atomic E-state index is 0.0320. The number of halogens is 1. The molecule has 150 valence electrons. The van der Waals surface area contributed by atoms with E-state index in [4.69, 9.17) is 0 Å². The molecular weight excluding hydrogens is 385 g/mol. The maximum absolute atomic E-state index is 13.7. The SMILES string of the molecule is Cc1cc(/C(O)=C2/C(=O)C(=O)N(c3ccccc3)C2c2ccc(O)cc2)ccc1F. The summed E-state index contributed by atoms with van der Waals surface area (Å²) in [7, 11) is 0. The van der Waals surface area contributed by atoms with Gasteiger partial charge in [0.05, 0.1) is 11.6 Å². The smallest absolute Gasteiger partial charge is 0.300 e. The third-order valence-corrected chi connectivity index (χ3v) is 5.12. The van der Waals surface area contributed by atoms with E-state index in [1.807, 2.05) is 0 Å². The number of carbonyl (C=O) groups excluding carboxylic acids is 2. The summed E-state index contributed by atoms with van der Waals surface area (Å²) in [6.45, 7) is 1.55. The molecule has 0 radical (unpaired) electrons. The van der Waals surface area contributed by atoms with Crippen LogP contribution in [0.1, 0.15) is 22.7 Å². The van der Waals surface area contributed by atoms with Gasteiger partial charge in [-0.1, -0.05) is 30.3 Å². The molecule has 3 aromatic carbocycles. The fraction of sp³-hybridized carbons (Fsp3) is 0.0833. The highest BCUT2D eigenvalue weighted by Crippen LogP contribution is 2.42. The van der Waals surface area contributed by atoms with Gasteiger partial charge in [-0.05, 0) is 60.5 Å². The van der Waals surface area contributed by atoms with Gasteiger partial charge in [0.25, 0.3) is 11.7 Å². The van der Waals surface area contributed by atoms with E-state index in [0.29, 0.717) is 16.8 Å². The average Bonchev–Trinajstić information content (AvgIpc) is 3.01. The first kappa shape index (κ1) is 19.4. The molecule has 1 unspecified atom stereocenters. The fourth-order valence-electron chi connectivity index (χ4n) is 3.61. The van der Waals surface area contributed by atoms with Crippen LogP contribution in [0.3, 0.4) is 0 Å². The quantitative estimate of drug-likeness (QED) is 0.384. The number of phenols is 1. The van der Waals surface area contributed by atoms with E-state index in [1.54, 1.807) is 49.4 Å². The molecule has 0 aliphatic carbocycles. The highest BCUT2D eigenvalue weighted by Gasteiger charge is 2.46. The average molecular weight is 403 g/mol. The number of aliphatic hydroxyl groups is 1. The van der Waals surface area contributed by atoms with Crippen LogP contribution in [0.4, 0.5) is 10.1 Å². The number of benzene rings is 3. The second-order valence-corrected chi connectivity index (χ2v) is 7.06. The largest absolute Gasteiger partial charge is 0.508 e. The maximum atomic E-state index is 13.7. The number of aliphatic hydroxyl groups excluding tert-OH is 1. The molecule has 6 heteroatoms. The lowest BCUT2D eigenvalue weighted by Crippen LogP contribution is -2.29. The Morgan fingerprint density at radius 2 is 1.63 bits per heavy atom. The van der Waals surface area contributed by atoms with Crippen LogP contribution in [0.5, 0.6) is 5.75 Å². The highest BCUT2D eigenvalue weighted by molar-refractivity contribution is 6.51. The van der Waals surface area contributed by atoms with Crippen molar-refractivity contribution in [3.05, 3.63) is 101 Å². The van der Waals surface area contributed by atoms with Crippen LogP contribution in [0.15, 0.2) is 78.4 Å². The molecule has 3 aromatic rings. The highest BCUT2D eigenvalue weighted by atomic mass is 19.1. The molecule has 1 amide bonds. The second-order valence-electron chi connectivity index (χ2n) is 7.06. The lowest BCUT2D eigenvalue weighted by molar-refractivity contribution is -0.132. The van der Waals surface area contributed by atoms with Crippen molar-refractivity contribution in [1.29, 1.82) is 0 Å². The van der Waals surface area contributed by atoms with Crippen LogP contribution in [0, 0.1) is 12.7 Å². The molecule has 1 atom stereocenters. The lowest BCUT2D eigenvalue weighted by atomic mass is 9.94. The molecule has 4 rings (SSSR count). The molecule has 1 heterocycles. The first-order valence-corrected chi connectivity index (χ1v) is 9.30. The van der Waals surface area contributed by atoms with E-state index < -0.39 is 23.5 Å². The zero-order valence-corrected chi connectivity index (χ0v) is 16.0. The van der Waals surface area contributed by atoms with Crippen molar-refractivity contribution in [1.82, 2.24) is 0 Å². The van der Waals surface area contributed by atoms with Crippen molar-refractivity contribution in [2.45, 2.75) is 13.0 Å². The van der Waals surface area contributed by atoms with Crippen molar-refractivity contribution in [2.24, 2.45) is 0 Å². The van der Waals surface area contributed by atoms with Gasteiger partial charge in [0.1, 0.15) is 17.3 Å². The molecule has 1 aliphatic rings. The third-order valence-electron chi connectivity index (χ3n) is 5.12. The second kappa shape index (κ2) is 7.48. The molecule has 1 saturated heterocycles. The van der Waals surface area contributed by atoms with Gasteiger partial charge in [0.2, 0.25) is 0 Å². The van der Waals surface area contributed by atoms with Crippen LogP contribution in [0.25, 0.3) is 5.76 Å². The normalized spacial score (nSPS) is 18.1. The number of aromatic hydroxyl groups is 1. The maximum Gasteiger partial charge on any atom is 0.300 e. The molecule has 30 heavy (non-hydrogen) atoms. The lowest BCUT2D eigenvalue weighted by Gasteiger charge is -2.25. The predicted octanol–water partition coefficient (Wildman–Crippen LogP) is 4.47. The number of aryl methyl sites for hydroxylation is 1. The zero-order valence-electron chi connectivity index (χ0n) is 16.0. The van der Waals surface area contributed by atoms with Crippen LogP contribution in [-0.4, -0.2) is 21.9 Å². The summed E-state index contributed by atoms with van der Waals surface area (Å²) in [5.74, 6) is -2.40. The molecule has 0 aromatic heterocycles. The number of amides is 1. The Kier molecular flexibility index (Phi) is 4.83. The Bertz CT molecular complexity index is 1170. The molecule has 1 aliphatic heterocycles. The van der Waals surface area contributed by atoms with Crippen molar-refractivity contribution in [3.8, 4) is 5.75 Å². The van der Waals surface area contributed by atoms with Crippen molar-refractivity contribution in [2.75, 3.05) is 4.90 Å². The number of carbonyl (C=O) groups is 2. The minimum Gasteiger partial charge on any atom is -0.508 e. The van der Waals surface area contributed by atoms with Crippen molar-refractivity contribution < 1.29 is 24.2 Å². The number of hydrogen-bond acceptors (Lipinski definition) is 4. The monoisotopic (exact) mass is 403 g/mol. The number of nitrogens with zero attached hydrogens (tertiary/aromatic N) is 1. The van der Waals surface area contributed by atoms with Crippen LogP contribution < -0.4 is 4.90 Å². The number of rotatable bonds is 3. The van der Waals surface area contributed by atoms with E-state index in [0.717, 1.165) is 0 Å². The van der Waals surface area contributed by atoms with Gasteiger partial charge in [-0.25, -0.2) is 4.39 Å². The van der Waals surface area contributed by atoms with Gasteiger partial charge in [0, 0.05) is 11.3 Å². The Hall–Kier alpha value is -3.93. The molecule has 0 bridgehead atoms. The minimum atomic E-state index is -0.904. The van der Waals surface area contributed by atoms with E-state index >= 15 is 0 Å². The standard InChI is InChI=1S/C24H18FNO4/c1-14-13-16(9-12-19(14)25)22(28)20-21(15-7-10-18(27)11-8-15)26(24(30)23(20)29)17-5-3-2-4-6-17/h2-13,21,27-28H,1H3/b22-20-. The first-order chi connectivity index (χ1) is 14.4. The van der Waals surface area contributed by atoms with Gasteiger partial charge in [-0.15, -0.1) is 0 Å². The van der Waals surface area contributed by atoms with Gasteiger partial charge < -0.3 is 10.2 Å². The molecule has 5 nitrogen and oxygen atoms in total. The number of ketones is 1. The van der Waals surface area contributed by atoms with Crippen LogP contribution in [-0.2, 0) is 9.59 Å². The van der Waals surface area contributed by atoms with E-state index in [2.05, 4.69) is 0 Å². The predicted molar refractivity (Wildman–Crippen MR) is 110 cm³/mol. The van der Waals surface area contributed by atoms with Crippen LogP contribution in [0.2, 0.25) is 0 Å². The van der Waals surface area contributed by atoms with Crippen molar-refractivity contribution in [3.63, 3.8) is 0 Å². The van der Waals surface area contributed by atoms with Gasteiger partial charge in [0.15, 0.2) is 0 Å². The number of Topliss-reactive ketones (excluding diaryl/α,β-unsaturated/α-hetero) is 1. The van der Waals surface area contributed by atoms with E-state index in [-0.39, 0.29) is 22.6 Å². The summed E-state index contributed by atoms with van der Waals surface area (Å²) in [5, 5.41) is 20.6. The summed E-state index contributed by atoms with van der Waals surface area (Å²) in [5.41, 5.74) is 1.48. The number of para-hydroxylation sites is 1. The topological polar surface area (TPSA) is 77.8 Å². The molecule has 1 fully saturated rings. The van der Waals surface area contributed by atoms with Gasteiger partial charge in [-0.2, -0.15) is 0 Å². The Morgan fingerprint density at radius 3 is 2.27 bits per heavy atom. The van der Waals surface area contributed by atoms with E-state index in [1.165, 1.54) is 35.2 Å².